The summed E-state index contributed by atoms with van der Waals surface area (Å²) in [6.45, 7) is 6.52. The van der Waals surface area contributed by atoms with E-state index >= 15 is 0 Å². The van der Waals surface area contributed by atoms with E-state index in [1.54, 1.807) is 41.0 Å². The molecule has 3 saturated heterocycles. The Balaban J connectivity index is 0.000000185. The van der Waals surface area contributed by atoms with E-state index in [2.05, 4.69) is 16.0 Å². The summed E-state index contributed by atoms with van der Waals surface area (Å²) in [5, 5.41) is 17.9. The first kappa shape index (κ1) is 77.6. The minimum atomic E-state index is -0.804. The van der Waals surface area contributed by atoms with E-state index in [4.69, 9.17) is 8.48 Å². The fraction of sp³-hybridized carbons (Fsp3) is 0.375. The van der Waals surface area contributed by atoms with Gasteiger partial charge in [0.25, 0.3) is 17.7 Å². The zero-order valence-electron chi connectivity index (χ0n) is 62.8. The summed E-state index contributed by atoms with van der Waals surface area (Å²) >= 11 is 0. The van der Waals surface area contributed by atoms with Gasteiger partial charge in [0.1, 0.15) is 36.0 Å². The molecule has 8 aromatic rings. The highest BCUT2D eigenvalue weighted by Crippen LogP contribution is 2.50. The summed E-state index contributed by atoms with van der Waals surface area (Å²) in [5.41, 5.74) is 15.9. The number of hydrogen-bond acceptors (Lipinski definition) is 9. The standard InChI is InChI=1S/C32H35FN2O2.C22H26N2O3.C22H24N2O3.C9H10FN.C2H6.CH4/c33-28-18-16-25(17-19-28)29-22-27(29)10-7-11-30(32(37)35-20-5-2-6-21-35)34-31(36)26-14-12-24(13-15-26)23-8-3-1-4-9-23;2*25-16-13-20(22(27)24-14-5-2-6-15-24)23-21(26)19-11-9-18(10-12-19)17-7-3-1-4-8-17;10-7-3-1-6(2-4-7)8-5-9(8)11;1-2;/h1,3-4,8-9,12-19,27,29-30H,2,5-7,10-11,20-22H2,(H,34,36);1,3-4,7-12,20,25H,2,5-6,13-16H2,(H,23,26);1,3-4,7-12,16,20H,2,5-6,13-15H2,(H,23,26);1-4,8-9H,5,11H2;1-2H3;1H4/t27-,29+,30+;2*20-;8-,9+;;/m1000../s1/i;;;;2*1D. The zero-order chi connectivity index (χ0) is 76.3. The molecular formula is C88H105F2N7O8. The molecule has 3 aliphatic heterocycles. The average Bonchev–Trinajstić information content (AvgIpc) is 1.79. The molecular weight excluding hydrogens is 1320 g/mol. The number of aliphatic hydroxyl groups excluding tert-OH is 1. The van der Waals surface area contributed by atoms with Gasteiger partial charge in [-0.15, -0.1) is 0 Å². The van der Waals surface area contributed by atoms with Gasteiger partial charge in [-0.2, -0.15) is 0 Å². The van der Waals surface area contributed by atoms with Crippen LogP contribution in [0.25, 0.3) is 33.4 Å². The van der Waals surface area contributed by atoms with Crippen molar-refractivity contribution in [2.75, 3.05) is 45.9 Å². The Bertz CT molecular complexity index is 4000. The first-order valence-corrected chi connectivity index (χ1v) is 37.0. The van der Waals surface area contributed by atoms with Gasteiger partial charge in [-0.05, 0) is 207 Å². The lowest BCUT2D eigenvalue weighted by Gasteiger charge is -2.31. The SMILES string of the molecule is N[C@@H]1C[C@H]1c1ccc(F)cc1.O=C(N[C@@H](CCC[C@@H]1C[C@H]1c1ccc(F)cc1)C(=O)N1CCCCC1)c1ccc(-c2ccccc2)cc1.O=C(N[C@@H](CCO)C(=O)N1CCCCC1)c1ccc(-c2ccccc2)cc1.O=CC[C@H](NC(=O)c1ccc(-c2ccccc2)cc1)C(=O)N1CCCCC1.[2H]C.[2H]CC. The Hall–Kier alpha value is -9.97. The second kappa shape index (κ2) is 42.1. The highest BCUT2D eigenvalue weighted by atomic mass is 19.1. The van der Waals surface area contributed by atoms with Gasteiger partial charge in [0.15, 0.2) is 0 Å². The van der Waals surface area contributed by atoms with E-state index in [1.165, 1.54) is 42.8 Å². The van der Waals surface area contributed by atoms with Gasteiger partial charge in [0.05, 0.1) is 0 Å². The van der Waals surface area contributed by atoms with Crippen LogP contribution in [0.4, 0.5) is 8.78 Å². The molecule has 105 heavy (non-hydrogen) atoms. The molecule has 554 valence electrons. The first-order valence-electron chi connectivity index (χ1n) is 38.7. The van der Waals surface area contributed by atoms with E-state index in [9.17, 15) is 47.4 Å². The third-order valence-electron chi connectivity index (χ3n) is 19.8. The molecule has 0 unspecified atom stereocenters. The monoisotopic (exact) mass is 1430 g/mol. The molecule has 0 aromatic heterocycles. The maximum absolute atomic E-state index is 13.4. The average molecular weight is 1430 g/mol. The minimum Gasteiger partial charge on any atom is -0.396 e. The highest BCUT2D eigenvalue weighted by molar-refractivity contribution is 6.00. The number of aliphatic hydroxyl groups is 1. The van der Waals surface area contributed by atoms with Crippen molar-refractivity contribution in [3.63, 3.8) is 0 Å². The molecule has 0 bridgehead atoms. The molecule has 6 amide bonds. The van der Waals surface area contributed by atoms with Crippen LogP contribution >= 0.6 is 0 Å². The fourth-order valence-electron chi connectivity index (χ4n) is 13.6. The van der Waals surface area contributed by atoms with Crippen molar-refractivity contribution in [1.29, 1.82) is 0 Å². The first-order chi connectivity index (χ1) is 52.1. The van der Waals surface area contributed by atoms with Crippen LogP contribution < -0.4 is 21.7 Å². The number of carbonyl (C=O) groups excluding carboxylic acids is 7. The molecule has 2 aliphatic carbocycles. The number of piperidine rings is 3. The minimum absolute atomic E-state index is 0.0107. The number of nitrogens with one attached hydrogen (secondary N) is 3. The van der Waals surface area contributed by atoms with Gasteiger partial charge in [-0.3, -0.25) is 28.8 Å². The summed E-state index contributed by atoms with van der Waals surface area (Å²) in [7, 11) is 1.25. The molecule has 7 atom stereocenters. The van der Waals surface area contributed by atoms with Crippen molar-refractivity contribution in [2.24, 2.45) is 11.7 Å². The van der Waals surface area contributed by atoms with Crippen molar-refractivity contribution in [1.82, 2.24) is 30.7 Å². The molecule has 15 nitrogen and oxygen atoms in total. The number of likely N-dealkylation sites (tertiary alicyclic amines) is 3. The number of nitrogens with zero attached hydrogens (tertiary/aromatic N) is 3. The van der Waals surface area contributed by atoms with Crippen LogP contribution in [0.2, 0.25) is 0 Å². The van der Waals surface area contributed by atoms with Crippen molar-refractivity contribution in [2.45, 2.75) is 160 Å². The Morgan fingerprint density at radius 2 is 0.771 bits per heavy atom. The molecule has 2 saturated carbocycles. The number of nitrogens with two attached hydrogens (primary N) is 1. The Morgan fingerprint density at radius 3 is 1.10 bits per heavy atom. The number of halogens is 2. The maximum atomic E-state index is 13.4. The molecule has 8 aromatic carbocycles. The number of carbonyl (C=O) groups is 7. The van der Waals surface area contributed by atoms with Crippen LogP contribution in [-0.4, -0.2) is 132 Å². The normalized spacial score (nSPS) is 18.0. The van der Waals surface area contributed by atoms with Gasteiger partial charge in [0.2, 0.25) is 17.7 Å². The largest absolute Gasteiger partial charge is 0.396 e. The molecule has 6 N–H and O–H groups in total. The van der Waals surface area contributed by atoms with Crippen LogP contribution in [0.1, 0.15) is 181 Å². The number of rotatable bonds is 22. The Labute approximate surface area is 622 Å². The smallest absolute Gasteiger partial charge is 0.251 e. The molecule has 0 radical (unpaired) electrons. The zero-order valence-corrected chi connectivity index (χ0v) is 60.8. The third kappa shape index (κ3) is 24.6. The lowest BCUT2D eigenvalue weighted by atomic mass is 10.0. The molecule has 3 heterocycles. The van der Waals surface area contributed by atoms with Crippen molar-refractivity contribution >= 4 is 41.7 Å². The lowest BCUT2D eigenvalue weighted by Crippen LogP contribution is -2.50. The summed E-state index contributed by atoms with van der Waals surface area (Å²) in [4.78, 5) is 93.5. The molecule has 5 fully saturated rings. The Kier molecular flexibility index (Phi) is 31.1. The van der Waals surface area contributed by atoms with Crippen LogP contribution in [0.15, 0.2) is 212 Å². The Morgan fingerprint density at radius 1 is 0.467 bits per heavy atom. The van der Waals surface area contributed by atoms with Crippen LogP contribution in [0, 0.1) is 17.6 Å². The topological polar surface area (TPSA) is 212 Å². The summed E-state index contributed by atoms with van der Waals surface area (Å²) in [5.74, 6) is 0.0840. The summed E-state index contributed by atoms with van der Waals surface area (Å²) < 4.78 is 37.6. The lowest BCUT2D eigenvalue weighted by molar-refractivity contribution is -0.135. The van der Waals surface area contributed by atoms with Crippen molar-refractivity contribution < 1.29 is 50.2 Å². The molecule has 13 rings (SSSR count). The number of aldehydes is 1. The molecule has 5 aliphatic rings. The highest BCUT2D eigenvalue weighted by Gasteiger charge is 2.39. The van der Waals surface area contributed by atoms with Gasteiger partial charge in [-0.25, -0.2) is 8.78 Å². The van der Waals surface area contributed by atoms with E-state index in [1.807, 2.05) is 169 Å². The van der Waals surface area contributed by atoms with Crippen molar-refractivity contribution in [3.8, 4) is 33.4 Å². The van der Waals surface area contributed by atoms with E-state index < -0.39 is 18.1 Å². The van der Waals surface area contributed by atoms with Gasteiger partial charge in [0, 0.05) is 83.7 Å². The molecule has 0 spiro atoms. The second-order valence-electron chi connectivity index (χ2n) is 27.1. The van der Waals surface area contributed by atoms with Gasteiger partial charge in [-0.1, -0.05) is 179 Å². The summed E-state index contributed by atoms with van der Waals surface area (Å²) in [6, 6.07) is 63.8. The molecule has 17 heteroatoms. The van der Waals surface area contributed by atoms with Gasteiger partial charge >= 0.3 is 0 Å². The number of benzene rings is 8. The van der Waals surface area contributed by atoms with E-state index in [0.29, 0.717) is 73.2 Å². The van der Waals surface area contributed by atoms with Crippen LogP contribution in [0.3, 0.4) is 0 Å². The number of amides is 6. The predicted molar refractivity (Wildman–Crippen MR) is 414 cm³/mol. The summed E-state index contributed by atoms with van der Waals surface area (Å²) in [6.07, 6.45) is 14.9. The van der Waals surface area contributed by atoms with Crippen molar-refractivity contribution in [3.05, 3.63) is 252 Å². The predicted octanol–water partition coefficient (Wildman–Crippen LogP) is 15.8. The van der Waals surface area contributed by atoms with Crippen LogP contribution in [-0.2, 0) is 19.2 Å². The maximum Gasteiger partial charge on any atom is 0.251 e. The van der Waals surface area contributed by atoms with Gasteiger partial charge < -0.3 is 46.3 Å². The van der Waals surface area contributed by atoms with Crippen LogP contribution in [0.5, 0.6) is 0 Å². The quantitative estimate of drug-likeness (QED) is 0.0408. The number of hydrogen-bond donors (Lipinski definition) is 5. The second-order valence-corrected chi connectivity index (χ2v) is 27.1. The van der Waals surface area contributed by atoms with E-state index in [0.717, 1.165) is 143 Å². The van der Waals surface area contributed by atoms with E-state index in [-0.39, 0.29) is 66.5 Å². The third-order valence-corrected chi connectivity index (χ3v) is 19.8. The fourth-order valence-corrected chi connectivity index (χ4v) is 13.6.